The largest absolute Gasteiger partial charge is 0.456 e. The topological polar surface area (TPSA) is 9.23 Å². The highest BCUT2D eigenvalue weighted by molar-refractivity contribution is 9.09. The Labute approximate surface area is 169 Å². The van der Waals surface area contributed by atoms with Crippen LogP contribution in [0.2, 0.25) is 0 Å². The van der Waals surface area contributed by atoms with Gasteiger partial charge in [0.25, 0.3) is 0 Å². The summed E-state index contributed by atoms with van der Waals surface area (Å²) in [5.41, 5.74) is 7.70. The molecule has 0 saturated carbocycles. The Morgan fingerprint density at radius 1 is 0.680 bits per heavy atom. The Bertz CT molecular complexity index is 661. The zero-order valence-corrected chi connectivity index (χ0v) is 18.9. The zero-order chi connectivity index (χ0) is 18.4. The van der Waals surface area contributed by atoms with E-state index in [4.69, 9.17) is 4.74 Å². The standard InChI is InChI=1S/C22H28Br2O/c1-15-9-11-19(7-5-13-23)17(3)21(15)25-22-16(2)10-12-20(18(22)4)8-6-14-24/h9-12H,5-8,13-14H2,1-4H3. The molecule has 2 rings (SSSR count). The molecule has 0 fully saturated rings. The Hall–Kier alpha value is -0.800. The van der Waals surface area contributed by atoms with E-state index >= 15 is 0 Å². The maximum absolute atomic E-state index is 6.52. The van der Waals surface area contributed by atoms with Gasteiger partial charge in [0.2, 0.25) is 0 Å². The van der Waals surface area contributed by atoms with Gasteiger partial charge < -0.3 is 4.74 Å². The lowest BCUT2D eigenvalue weighted by Gasteiger charge is -2.19. The van der Waals surface area contributed by atoms with Crippen LogP contribution >= 0.6 is 31.9 Å². The van der Waals surface area contributed by atoms with E-state index in [-0.39, 0.29) is 0 Å². The maximum atomic E-state index is 6.52. The molecule has 2 aromatic carbocycles. The van der Waals surface area contributed by atoms with Crippen LogP contribution in [0.4, 0.5) is 0 Å². The summed E-state index contributed by atoms with van der Waals surface area (Å²) in [5.74, 6) is 2.05. The molecule has 0 aliphatic carbocycles. The van der Waals surface area contributed by atoms with E-state index in [0.29, 0.717) is 0 Å². The molecule has 0 amide bonds. The van der Waals surface area contributed by atoms with Crippen LogP contribution in [-0.4, -0.2) is 10.7 Å². The molecule has 0 aromatic heterocycles. The van der Waals surface area contributed by atoms with Crippen LogP contribution in [0.5, 0.6) is 11.5 Å². The predicted molar refractivity (Wildman–Crippen MR) is 116 cm³/mol. The van der Waals surface area contributed by atoms with Crippen molar-refractivity contribution in [1.29, 1.82) is 0 Å². The molecule has 136 valence electrons. The molecule has 25 heavy (non-hydrogen) atoms. The van der Waals surface area contributed by atoms with E-state index in [1.54, 1.807) is 0 Å². The van der Waals surface area contributed by atoms with Gasteiger partial charge in [0, 0.05) is 10.7 Å². The molecule has 1 nitrogen and oxygen atoms in total. The molecule has 3 heteroatoms. The van der Waals surface area contributed by atoms with Gasteiger partial charge in [-0.25, -0.2) is 0 Å². The monoisotopic (exact) mass is 466 g/mol. The lowest BCUT2D eigenvalue weighted by Crippen LogP contribution is -2.01. The number of aryl methyl sites for hydroxylation is 4. The van der Waals surface area contributed by atoms with E-state index in [0.717, 1.165) is 47.8 Å². The van der Waals surface area contributed by atoms with Gasteiger partial charge in [-0.2, -0.15) is 0 Å². The van der Waals surface area contributed by atoms with Crippen LogP contribution in [0, 0.1) is 27.7 Å². The molecule has 0 unspecified atom stereocenters. The molecule has 0 aliphatic rings. The Kier molecular flexibility index (Phi) is 8.02. The first-order valence-corrected chi connectivity index (χ1v) is 11.2. The van der Waals surface area contributed by atoms with E-state index in [1.165, 1.54) is 33.4 Å². The molecule has 0 N–H and O–H groups in total. The molecule has 2 aromatic rings. The van der Waals surface area contributed by atoms with Gasteiger partial charge in [0.05, 0.1) is 0 Å². The number of hydrogen-bond donors (Lipinski definition) is 0. The molecule has 0 aliphatic heterocycles. The summed E-state index contributed by atoms with van der Waals surface area (Å²) in [6.45, 7) is 8.64. The van der Waals surface area contributed by atoms with Gasteiger partial charge >= 0.3 is 0 Å². The van der Waals surface area contributed by atoms with Gasteiger partial charge in [0.15, 0.2) is 0 Å². The summed E-state index contributed by atoms with van der Waals surface area (Å²) in [6.07, 6.45) is 4.45. The first-order chi connectivity index (χ1) is 12.0. The van der Waals surface area contributed by atoms with Crippen LogP contribution in [0.25, 0.3) is 0 Å². The van der Waals surface area contributed by atoms with Gasteiger partial charge in [-0.3, -0.25) is 0 Å². The molecule has 0 heterocycles. The average Bonchev–Trinajstić information content (AvgIpc) is 2.59. The number of halogens is 2. The second kappa shape index (κ2) is 9.78. The quantitative estimate of drug-likeness (QED) is 0.368. The van der Waals surface area contributed by atoms with Crippen LogP contribution in [0.1, 0.15) is 46.2 Å². The van der Waals surface area contributed by atoms with Crippen molar-refractivity contribution < 1.29 is 4.74 Å². The molecule has 0 saturated heterocycles. The van der Waals surface area contributed by atoms with E-state index < -0.39 is 0 Å². The molecule has 0 spiro atoms. The second-order valence-electron chi connectivity index (χ2n) is 6.68. The lowest BCUT2D eigenvalue weighted by atomic mass is 9.99. The summed E-state index contributed by atoms with van der Waals surface area (Å²) in [5, 5.41) is 2.06. The van der Waals surface area contributed by atoms with Gasteiger partial charge in [-0.15, -0.1) is 0 Å². The molecule has 0 atom stereocenters. The van der Waals surface area contributed by atoms with Crippen molar-refractivity contribution in [2.45, 2.75) is 53.4 Å². The summed E-state index contributed by atoms with van der Waals surface area (Å²) >= 11 is 7.06. The highest BCUT2D eigenvalue weighted by atomic mass is 79.9. The smallest absolute Gasteiger partial charge is 0.133 e. The summed E-state index contributed by atoms with van der Waals surface area (Å²) < 4.78 is 6.52. The normalized spacial score (nSPS) is 11.0. The van der Waals surface area contributed by atoms with E-state index in [1.807, 2.05) is 0 Å². The number of rotatable bonds is 8. The fraction of sp³-hybridized carbons (Fsp3) is 0.455. The molecular weight excluding hydrogens is 440 g/mol. The number of alkyl halides is 2. The summed E-state index contributed by atoms with van der Waals surface area (Å²) in [6, 6.07) is 8.86. The maximum Gasteiger partial charge on any atom is 0.133 e. The molecule has 0 bridgehead atoms. The molecule has 0 radical (unpaired) electrons. The minimum absolute atomic E-state index is 1.02. The van der Waals surface area contributed by atoms with Crippen molar-refractivity contribution in [1.82, 2.24) is 0 Å². The van der Waals surface area contributed by atoms with Gasteiger partial charge in [-0.1, -0.05) is 56.1 Å². The number of benzene rings is 2. The first kappa shape index (κ1) is 20.5. The van der Waals surface area contributed by atoms with Crippen LogP contribution in [0.15, 0.2) is 24.3 Å². The SMILES string of the molecule is Cc1ccc(CCCBr)c(C)c1Oc1c(C)ccc(CCCBr)c1C. The Morgan fingerprint density at radius 3 is 1.44 bits per heavy atom. The minimum atomic E-state index is 1.02. The zero-order valence-electron chi connectivity index (χ0n) is 15.7. The van der Waals surface area contributed by atoms with Crippen molar-refractivity contribution in [2.75, 3.05) is 10.7 Å². The summed E-state index contributed by atoms with van der Waals surface area (Å²) in [7, 11) is 0. The van der Waals surface area contributed by atoms with Crippen LogP contribution in [0.3, 0.4) is 0 Å². The lowest BCUT2D eigenvalue weighted by molar-refractivity contribution is 0.466. The van der Waals surface area contributed by atoms with Crippen LogP contribution in [-0.2, 0) is 12.8 Å². The third-order valence-corrected chi connectivity index (χ3v) is 5.91. The number of ether oxygens (including phenoxy) is 1. The predicted octanol–water partition coefficient (Wildman–Crippen LogP) is 7.37. The highest BCUT2D eigenvalue weighted by Gasteiger charge is 2.14. The van der Waals surface area contributed by atoms with Crippen molar-refractivity contribution in [3.05, 3.63) is 57.6 Å². The van der Waals surface area contributed by atoms with Crippen molar-refractivity contribution in [2.24, 2.45) is 0 Å². The van der Waals surface area contributed by atoms with Gasteiger partial charge in [-0.05, 0) is 86.8 Å². The van der Waals surface area contributed by atoms with Gasteiger partial charge in [0.1, 0.15) is 11.5 Å². The van der Waals surface area contributed by atoms with Crippen molar-refractivity contribution in [3.8, 4) is 11.5 Å². The average molecular weight is 468 g/mol. The minimum Gasteiger partial charge on any atom is -0.456 e. The Balaban J connectivity index is 2.39. The van der Waals surface area contributed by atoms with Crippen molar-refractivity contribution >= 4 is 31.9 Å². The van der Waals surface area contributed by atoms with E-state index in [9.17, 15) is 0 Å². The number of hydrogen-bond acceptors (Lipinski definition) is 1. The third-order valence-electron chi connectivity index (χ3n) is 4.79. The van der Waals surface area contributed by atoms with Crippen molar-refractivity contribution in [3.63, 3.8) is 0 Å². The fourth-order valence-electron chi connectivity index (χ4n) is 3.21. The highest BCUT2D eigenvalue weighted by Crippen LogP contribution is 2.36. The van der Waals surface area contributed by atoms with Crippen LogP contribution < -0.4 is 4.74 Å². The first-order valence-electron chi connectivity index (χ1n) is 8.97. The molecular formula is C22H28Br2O. The Morgan fingerprint density at radius 2 is 1.08 bits per heavy atom. The fourth-order valence-corrected chi connectivity index (χ4v) is 3.77. The third kappa shape index (κ3) is 5.10. The van der Waals surface area contributed by atoms with E-state index in [2.05, 4.69) is 83.8 Å². The second-order valence-corrected chi connectivity index (χ2v) is 8.26. The summed E-state index contributed by atoms with van der Waals surface area (Å²) in [4.78, 5) is 0.